The normalized spacial score (nSPS) is 30.9. The topological polar surface area (TPSA) is 44.5 Å². The van der Waals surface area contributed by atoms with Crippen LogP contribution in [0.1, 0.15) is 19.3 Å². The van der Waals surface area contributed by atoms with Crippen LogP contribution in [0.2, 0.25) is 5.02 Å². The van der Waals surface area contributed by atoms with E-state index in [1.165, 1.54) is 0 Å². The number of rotatable bonds is 2. The van der Waals surface area contributed by atoms with E-state index in [-0.39, 0.29) is 5.60 Å². The molecule has 2 heterocycles. The Morgan fingerprint density at radius 1 is 1.37 bits per heavy atom. The number of benzene rings is 1. The van der Waals surface area contributed by atoms with E-state index in [9.17, 15) is 0 Å². The summed E-state index contributed by atoms with van der Waals surface area (Å²) in [5, 5.41) is 1.30. The third-order valence-electron chi connectivity index (χ3n) is 3.76. The Morgan fingerprint density at radius 2 is 2.26 bits per heavy atom. The van der Waals surface area contributed by atoms with Crippen LogP contribution in [0.25, 0.3) is 0 Å². The number of ether oxygens (including phenoxy) is 2. The Bertz CT molecular complexity index is 463. The number of hydrogen-bond acceptors (Lipinski definition) is 4. The van der Waals surface area contributed by atoms with Crippen LogP contribution in [-0.4, -0.2) is 30.7 Å². The van der Waals surface area contributed by atoms with Gasteiger partial charge < -0.3 is 15.2 Å². The Hall–Kier alpha value is -0.420. The second-order valence-electron chi connectivity index (χ2n) is 5.26. The molecule has 3 nitrogen and oxygen atoms in total. The van der Waals surface area contributed by atoms with Crippen LogP contribution < -0.4 is 5.73 Å². The predicted molar refractivity (Wildman–Crippen MR) is 78.9 cm³/mol. The van der Waals surface area contributed by atoms with E-state index in [2.05, 4.69) is 0 Å². The molecular weight excluding hydrogens is 282 g/mol. The quantitative estimate of drug-likeness (QED) is 0.851. The van der Waals surface area contributed by atoms with Gasteiger partial charge in [0.15, 0.2) is 0 Å². The molecule has 0 bridgehead atoms. The van der Waals surface area contributed by atoms with Gasteiger partial charge in [-0.3, -0.25) is 0 Å². The molecule has 3 rings (SSSR count). The molecule has 2 atom stereocenters. The summed E-state index contributed by atoms with van der Waals surface area (Å²) in [6, 6.07) is 5.66. The molecular formula is C14H18ClNO2S. The molecule has 0 aromatic heterocycles. The van der Waals surface area contributed by atoms with Gasteiger partial charge in [0.2, 0.25) is 0 Å². The molecule has 2 aliphatic rings. The highest BCUT2D eigenvalue weighted by molar-refractivity contribution is 8.00. The van der Waals surface area contributed by atoms with Crippen molar-refractivity contribution in [3.05, 3.63) is 23.2 Å². The first-order chi connectivity index (χ1) is 9.17. The van der Waals surface area contributed by atoms with Gasteiger partial charge in [-0.05, 0) is 31.0 Å². The van der Waals surface area contributed by atoms with Gasteiger partial charge in [-0.1, -0.05) is 11.6 Å². The largest absolute Gasteiger partial charge is 0.399 e. The highest BCUT2D eigenvalue weighted by Gasteiger charge is 2.41. The number of nitrogen functional groups attached to an aromatic ring is 1. The summed E-state index contributed by atoms with van der Waals surface area (Å²) in [5.74, 6) is 0. The SMILES string of the molecule is Nc1ccc(Cl)c(SC2CCOC3(CCOC3)C2)c1. The summed E-state index contributed by atoms with van der Waals surface area (Å²) in [7, 11) is 0. The average Bonchev–Trinajstić information content (AvgIpc) is 2.82. The molecule has 1 spiro atoms. The van der Waals surface area contributed by atoms with Crippen molar-refractivity contribution in [2.24, 2.45) is 0 Å². The van der Waals surface area contributed by atoms with Crippen LogP contribution in [0, 0.1) is 0 Å². The van der Waals surface area contributed by atoms with Crippen LogP contribution in [0.4, 0.5) is 5.69 Å². The molecule has 1 aromatic carbocycles. The average molecular weight is 300 g/mol. The molecule has 2 N–H and O–H groups in total. The van der Waals surface area contributed by atoms with E-state index in [1.54, 1.807) is 0 Å². The lowest BCUT2D eigenvalue weighted by atomic mass is 9.93. The molecule has 0 amide bonds. The first-order valence-corrected chi connectivity index (χ1v) is 7.86. The Balaban J connectivity index is 1.70. The van der Waals surface area contributed by atoms with E-state index >= 15 is 0 Å². The molecule has 0 aliphatic carbocycles. The lowest BCUT2D eigenvalue weighted by Crippen LogP contribution is -2.41. The minimum atomic E-state index is -0.0529. The fourth-order valence-electron chi connectivity index (χ4n) is 2.74. The molecule has 2 fully saturated rings. The minimum Gasteiger partial charge on any atom is -0.399 e. The number of thioether (sulfide) groups is 1. The smallest absolute Gasteiger partial charge is 0.0947 e. The summed E-state index contributed by atoms with van der Waals surface area (Å²) in [6.45, 7) is 2.35. The first kappa shape index (κ1) is 13.6. The van der Waals surface area contributed by atoms with Crippen molar-refractivity contribution >= 4 is 29.1 Å². The highest BCUT2D eigenvalue weighted by atomic mass is 35.5. The molecule has 2 aliphatic heterocycles. The molecule has 1 aromatic rings. The van der Waals surface area contributed by atoms with Crippen LogP contribution in [0.15, 0.2) is 23.1 Å². The van der Waals surface area contributed by atoms with Crippen molar-refractivity contribution in [3.8, 4) is 0 Å². The van der Waals surface area contributed by atoms with Gasteiger partial charge in [0.1, 0.15) is 0 Å². The molecule has 2 unspecified atom stereocenters. The highest BCUT2D eigenvalue weighted by Crippen LogP contribution is 2.42. The maximum atomic E-state index is 6.23. The molecule has 5 heteroatoms. The number of halogens is 1. The van der Waals surface area contributed by atoms with Gasteiger partial charge in [0.25, 0.3) is 0 Å². The van der Waals surface area contributed by atoms with E-state index in [0.717, 1.165) is 54.7 Å². The van der Waals surface area contributed by atoms with Crippen molar-refractivity contribution in [3.63, 3.8) is 0 Å². The van der Waals surface area contributed by atoms with Crippen LogP contribution >= 0.6 is 23.4 Å². The zero-order valence-corrected chi connectivity index (χ0v) is 12.3. The van der Waals surface area contributed by atoms with E-state index in [1.807, 2.05) is 30.0 Å². The third kappa shape index (κ3) is 3.02. The number of anilines is 1. The molecule has 104 valence electrons. The lowest BCUT2D eigenvalue weighted by molar-refractivity contribution is -0.0769. The minimum absolute atomic E-state index is 0.0529. The maximum Gasteiger partial charge on any atom is 0.0947 e. The monoisotopic (exact) mass is 299 g/mol. The van der Waals surface area contributed by atoms with Crippen molar-refractivity contribution < 1.29 is 9.47 Å². The summed E-state index contributed by atoms with van der Waals surface area (Å²) in [5.41, 5.74) is 6.54. The van der Waals surface area contributed by atoms with Gasteiger partial charge in [0.05, 0.1) is 17.2 Å². The van der Waals surface area contributed by atoms with Crippen molar-refractivity contribution in [1.29, 1.82) is 0 Å². The first-order valence-electron chi connectivity index (χ1n) is 6.60. The molecule has 19 heavy (non-hydrogen) atoms. The van der Waals surface area contributed by atoms with Crippen molar-refractivity contribution in [1.82, 2.24) is 0 Å². The second-order valence-corrected chi connectivity index (χ2v) is 7.01. The third-order valence-corrected chi connectivity index (χ3v) is 5.53. The Labute approximate surface area is 122 Å². The summed E-state index contributed by atoms with van der Waals surface area (Å²) >= 11 is 8.05. The van der Waals surface area contributed by atoms with Crippen LogP contribution in [-0.2, 0) is 9.47 Å². The Morgan fingerprint density at radius 3 is 3.05 bits per heavy atom. The van der Waals surface area contributed by atoms with Gasteiger partial charge in [-0.15, -0.1) is 11.8 Å². The maximum absolute atomic E-state index is 6.23. The van der Waals surface area contributed by atoms with E-state index in [4.69, 9.17) is 26.8 Å². The van der Waals surface area contributed by atoms with E-state index in [0.29, 0.717) is 5.25 Å². The van der Waals surface area contributed by atoms with Crippen LogP contribution in [0.3, 0.4) is 0 Å². The zero-order valence-electron chi connectivity index (χ0n) is 10.7. The second kappa shape index (κ2) is 5.52. The van der Waals surface area contributed by atoms with Crippen molar-refractivity contribution in [2.75, 3.05) is 25.6 Å². The fraction of sp³-hybridized carbons (Fsp3) is 0.571. The standard InChI is InChI=1S/C14H18ClNO2S/c15-12-2-1-10(16)7-13(12)19-11-3-5-18-14(8-11)4-6-17-9-14/h1-2,7,11H,3-6,8-9,16H2. The van der Waals surface area contributed by atoms with Gasteiger partial charge in [-0.25, -0.2) is 0 Å². The van der Waals surface area contributed by atoms with Gasteiger partial charge in [-0.2, -0.15) is 0 Å². The molecule has 0 saturated carbocycles. The predicted octanol–water partition coefficient (Wildman–Crippen LogP) is 3.35. The number of nitrogens with two attached hydrogens (primary N) is 1. The van der Waals surface area contributed by atoms with Crippen LogP contribution in [0.5, 0.6) is 0 Å². The summed E-state index contributed by atoms with van der Waals surface area (Å²) < 4.78 is 11.5. The molecule has 0 radical (unpaired) electrons. The van der Waals surface area contributed by atoms with Gasteiger partial charge >= 0.3 is 0 Å². The van der Waals surface area contributed by atoms with Crippen molar-refractivity contribution in [2.45, 2.75) is 35.0 Å². The Kier molecular flexibility index (Phi) is 3.94. The summed E-state index contributed by atoms with van der Waals surface area (Å²) in [4.78, 5) is 1.07. The summed E-state index contributed by atoms with van der Waals surface area (Å²) in [6.07, 6.45) is 3.09. The zero-order chi connectivity index (χ0) is 13.3. The molecule has 2 saturated heterocycles. The lowest BCUT2D eigenvalue weighted by Gasteiger charge is -2.36. The van der Waals surface area contributed by atoms with E-state index < -0.39 is 0 Å². The number of hydrogen-bond donors (Lipinski definition) is 1. The van der Waals surface area contributed by atoms with Gasteiger partial charge in [0, 0.05) is 35.5 Å². The fourth-order valence-corrected chi connectivity index (χ4v) is 4.33.